The minimum Gasteiger partial charge on any atom is -0.325 e. The lowest BCUT2D eigenvalue weighted by molar-refractivity contribution is 0.0930. The zero-order valence-corrected chi connectivity index (χ0v) is 11.8. The van der Waals surface area contributed by atoms with Crippen LogP contribution < -0.4 is 5.73 Å². The number of Topliss-reactive ketones (excluding diaryl/α,β-unsaturated/α-hetero) is 1. The summed E-state index contributed by atoms with van der Waals surface area (Å²) >= 11 is 0. The number of aryl methyl sites for hydroxylation is 2. The molecule has 0 aromatic heterocycles. The molecule has 0 heterocycles. The number of nitrogens with two attached hydrogens (primary N) is 1. The van der Waals surface area contributed by atoms with Crippen molar-refractivity contribution < 1.29 is 9.18 Å². The van der Waals surface area contributed by atoms with Crippen molar-refractivity contribution in [2.45, 2.75) is 57.9 Å². The Morgan fingerprint density at radius 1 is 1.26 bits per heavy atom. The van der Waals surface area contributed by atoms with Gasteiger partial charge in [-0.2, -0.15) is 0 Å². The normalized spacial score (nSPS) is 18.3. The van der Waals surface area contributed by atoms with Crippen LogP contribution in [-0.2, 0) is 0 Å². The Hall–Kier alpha value is -1.22. The fourth-order valence-electron chi connectivity index (χ4n) is 3.11. The van der Waals surface area contributed by atoms with Crippen molar-refractivity contribution in [3.63, 3.8) is 0 Å². The molecule has 1 saturated carbocycles. The van der Waals surface area contributed by atoms with Crippen LogP contribution in [-0.4, -0.2) is 11.3 Å². The zero-order valence-electron chi connectivity index (χ0n) is 11.8. The molecular formula is C16H22FNO. The molecule has 2 nitrogen and oxygen atoms in total. The minimum absolute atomic E-state index is 0.153. The topological polar surface area (TPSA) is 43.1 Å². The van der Waals surface area contributed by atoms with Gasteiger partial charge in [0.1, 0.15) is 5.82 Å². The summed E-state index contributed by atoms with van der Waals surface area (Å²) in [6, 6.07) is 3.27. The molecule has 1 aromatic rings. The maximum absolute atomic E-state index is 14.0. The van der Waals surface area contributed by atoms with E-state index in [1.807, 2.05) is 13.0 Å². The third kappa shape index (κ3) is 3.21. The molecule has 104 valence electrons. The number of hydrogen-bond acceptors (Lipinski definition) is 2. The summed E-state index contributed by atoms with van der Waals surface area (Å²) in [7, 11) is 0. The molecule has 0 aliphatic heterocycles. The predicted molar refractivity (Wildman–Crippen MR) is 74.8 cm³/mol. The maximum Gasteiger partial charge on any atom is 0.167 e. The number of halogens is 1. The SMILES string of the molecule is Cc1cc(C)c(C(=O)CC2(N)CCCCC2)c(F)c1. The summed E-state index contributed by atoms with van der Waals surface area (Å²) < 4.78 is 14.0. The number of ketones is 1. The largest absolute Gasteiger partial charge is 0.325 e. The van der Waals surface area contributed by atoms with Gasteiger partial charge in [0.15, 0.2) is 5.78 Å². The Morgan fingerprint density at radius 3 is 2.47 bits per heavy atom. The quantitative estimate of drug-likeness (QED) is 0.845. The molecule has 0 amide bonds. The lowest BCUT2D eigenvalue weighted by atomic mass is 9.78. The monoisotopic (exact) mass is 263 g/mol. The van der Waals surface area contributed by atoms with E-state index in [4.69, 9.17) is 5.73 Å². The summed E-state index contributed by atoms with van der Waals surface area (Å²) in [5.74, 6) is -0.568. The smallest absolute Gasteiger partial charge is 0.167 e. The fourth-order valence-corrected chi connectivity index (χ4v) is 3.11. The lowest BCUT2D eigenvalue weighted by Gasteiger charge is -2.33. The van der Waals surface area contributed by atoms with Gasteiger partial charge in [-0.05, 0) is 43.9 Å². The van der Waals surface area contributed by atoms with E-state index in [2.05, 4.69) is 0 Å². The summed E-state index contributed by atoms with van der Waals surface area (Å²) in [4.78, 5) is 12.4. The molecular weight excluding hydrogens is 241 g/mol. The van der Waals surface area contributed by atoms with Gasteiger partial charge < -0.3 is 5.73 Å². The van der Waals surface area contributed by atoms with Crippen LogP contribution >= 0.6 is 0 Å². The van der Waals surface area contributed by atoms with E-state index in [1.54, 1.807) is 6.92 Å². The molecule has 0 saturated heterocycles. The Balaban J connectivity index is 2.20. The van der Waals surface area contributed by atoms with Crippen LogP contribution in [0.2, 0.25) is 0 Å². The van der Waals surface area contributed by atoms with Gasteiger partial charge in [-0.15, -0.1) is 0 Å². The van der Waals surface area contributed by atoms with E-state index in [0.717, 1.165) is 31.2 Å². The van der Waals surface area contributed by atoms with Gasteiger partial charge in [-0.3, -0.25) is 4.79 Å². The molecule has 3 heteroatoms. The Labute approximate surface area is 114 Å². The highest BCUT2D eigenvalue weighted by molar-refractivity contribution is 5.98. The van der Waals surface area contributed by atoms with Gasteiger partial charge in [0.2, 0.25) is 0 Å². The first-order chi connectivity index (χ1) is 8.91. The molecule has 0 unspecified atom stereocenters. The van der Waals surface area contributed by atoms with Crippen molar-refractivity contribution in [2.24, 2.45) is 5.73 Å². The molecule has 1 aliphatic rings. The zero-order chi connectivity index (χ0) is 14.0. The van der Waals surface area contributed by atoms with Gasteiger partial charge >= 0.3 is 0 Å². The maximum atomic E-state index is 14.0. The van der Waals surface area contributed by atoms with Gasteiger partial charge in [0.05, 0.1) is 5.56 Å². The van der Waals surface area contributed by atoms with E-state index in [1.165, 1.54) is 12.5 Å². The van der Waals surface area contributed by atoms with Gasteiger partial charge in [0, 0.05) is 12.0 Å². The van der Waals surface area contributed by atoms with Crippen molar-refractivity contribution in [3.05, 3.63) is 34.6 Å². The van der Waals surface area contributed by atoms with Gasteiger partial charge in [0.25, 0.3) is 0 Å². The molecule has 0 radical (unpaired) electrons. The second-order valence-corrected chi connectivity index (χ2v) is 5.96. The van der Waals surface area contributed by atoms with Crippen LogP contribution in [0.4, 0.5) is 4.39 Å². The van der Waals surface area contributed by atoms with Crippen molar-refractivity contribution in [1.29, 1.82) is 0 Å². The first-order valence-corrected chi connectivity index (χ1v) is 7.00. The van der Waals surface area contributed by atoms with E-state index >= 15 is 0 Å². The lowest BCUT2D eigenvalue weighted by Crippen LogP contribution is -2.43. The first kappa shape index (κ1) is 14.2. The molecule has 2 rings (SSSR count). The summed E-state index contributed by atoms with van der Waals surface area (Å²) in [6.45, 7) is 3.61. The predicted octanol–water partition coefficient (Wildman–Crippen LogP) is 3.68. The molecule has 1 aliphatic carbocycles. The van der Waals surface area contributed by atoms with Crippen LogP contribution in [0.5, 0.6) is 0 Å². The first-order valence-electron chi connectivity index (χ1n) is 7.00. The van der Waals surface area contributed by atoms with E-state index in [9.17, 15) is 9.18 Å². The van der Waals surface area contributed by atoms with Gasteiger partial charge in [-0.25, -0.2) is 4.39 Å². The summed E-state index contributed by atoms with van der Waals surface area (Å²) in [5.41, 5.74) is 7.63. The molecule has 2 N–H and O–H groups in total. The Bertz CT molecular complexity index is 467. The second-order valence-electron chi connectivity index (χ2n) is 5.96. The number of rotatable bonds is 3. The molecule has 19 heavy (non-hydrogen) atoms. The number of carbonyl (C=O) groups excluding carboxylic acids is 1. The Kier molecular flexibility index (Phi) is 4.04. The van der Waals surface area contributed by atoms with Crippen LogP contribution in [0.3, 0.4) is 0 Å². The molecule has 1 fully saturated rings. The van der Waals surface area contributed by atoms with Crippen LogP contribution in [0, 0.1) is 19.7 Å². The molecule has 0 spiro atoms. The number of hydrogen-bond donors (Lipinski definition) is 1. The second kappa shape index (κ2) is 5.41. The highest BCUT2D eigenvalue weighted by atomic mass is 19.1. The summed E-state index contributed by atoms with van der Waals surface area (Å²) in [5, 5.41) is 0. The van der Waals surface area contributed by atoms with Crippen molar-refractivity contribution in [2.75, 3.05) is 0 Å². The Morgan fingerprint density at radius 2 is 1.89 bits per heavy atom. The van der Waals surface area contributed by atoms with Crippen molar-refractivity contribution >= 4 is 5.78 Å². The van der Waals surface area contributed by atoms with E-state index in [-0.39, 0.29) is 17.8 Å². The van der Waals surface area contributed by atoms with E-state index < -0.39 is 11.4 Å². The summed E-state index contributed by atoms with van der Waals surface area (Å²) in [6.07, 6.45) is 5.31. The third-order valence-corrected chi connectivity index (χ3v) is 4.07. The van der Waals surface area contributed by atoms with E-state index in [0.29, 0.717) is 5.56 Å². The third-order valence-electron chi connectivity index (χ3n) is 4.07. The standard InChI is InChI=1S/C16H22FNO/c1-11-8-12(2)15(13(17)9-11)14(19)10-16(18)6-4-3-5-7-16/h8-9H,3-7,10,18H2,1-2H3. The van der Waals surface area contributed by atoms with Crippen LogP contribution in [0.15, 0.2) is 12.1 Å². The number of benzene rings is 1. The molecule has 1 aromatic carbocycles. The molecule has 0 atom stereocenters. The minimum atomic E-state index is -0.431. The average molecular weight is 263 g/mol. The fraction of sp³-hybridized carbons (Fsp3) is 0.562. The van der Waals surface area contributed by atoms with Crippen molar-refractivity contribution in [1.82, 2.24) is 0 Å². The van der Waals surface area contributed by atoms with Crippen LogP contribution in [0.25, 0.3) is 0 Å². The number of carbonyl (C=O) groups is 1. The molecule has 0 bridgehead atoms. The van der Waals surface area contributed by atoms with Crippen LogP contribution in [0.1, 0.15) is 60.0 Å². The van der Waals surface area contributed by atoms with Gasteiger partial charge in [-0.1, -0.05) is 25.3 Å². The highest BCUT2D eigenvalue weighted by Crippen LogP contribution is 2.30. The van der Waals surface area contributed by atoms with Crippen molar-refractivity contribution in [3.8, 4) is 0 Å². The highest BCUT2D eigenvalue weighted by Gasteiger charge is 2.31. The average Bonchev–Trinajstić information content (AvgIpc) is 2.27.